The highest BCUT2D eigenvalue weighted by atomic mass is 35.5. The third-order valence-electron chi connectivity index (χ3n) is 3.47. The van der Waals surface area contributed by atoms with Gasteiger partial charge in [-0.25, -0.2) is 4.99 Å². The minimum atomic E-state index is -0.280. The van der Waals surface area contributed by atoms with Crippen LogP contribution in [-0.4, -0.2) is 24.0 Å². The third-order valence-corrected chi connectivity index (χ3v) is 4.56. The number of hydrogen-bond donors (Lipinski definition) is 1. The van der Waals surface area contributed by atoms with Crippen LogP contribution in [0.1, 0.15) is 17.2 Å². The number of carbonyl (C=O) groups is 1. The molecule has 3 rings (SSSR count). The zero-order chi connectivity index (χ0) is 16.2. The fourth-order valence-corrected chi connectivity index (χ4v) is 3.27. The lowest BCUT2D eigenvalue weighted by Crippen LogP contribution is -2.20. The van der Waals surface area contributed by atoms with Crippen LogP contribution < -0.4 is 5.32 Å². The first-order valence-electron chi connectivity index (χ1n) is 7.06. The molecule has 0 radical (unpaired) electrons. The van der Waals surface area contributed by atoms with Gasteiger partial charge in [-0.1, -0.05) is 53.7 Å². The first-order chi connectivity index (χ1) is 11.2. The minimum absolute atomic E-state index is 0.147. The summed E-state index contributed by atoms with van der Waals surface area (Å²) in [6.45, 7) is 0. The zero-order valence-electron chi connectivity index (χ0n) is 12.5. The van der Waals surface area contributed by atoms with Crippen LogP contribution in [0.15, 0.2) is 53.5 Å². The van der Waals surface area contributed by atoms with Gasteiger partial charge in [0.25, 0.3) is 0 Å². The molecule has 2 aromatic rings. The number of thioether (sulfide) groups is 1. The van der Waals surface area contributed by atoms with Crippen molar-refractivity contribution >= 4 is 40.2 Å². The van der Waals surface area contributed by atoms with E-state index in [9.17, 15) is 4.79 Å². The van der Waals surface area contributed by atoms with E-state index in [2.05, 4.69) is 10.1 Å². The molecule has 0 amide bonds. The summed E-state index contributed by atoms with van der Waals surface area (Å²) in [6, 6.07) is 15.6. The summed E-state index contributed by atoms with van der Waals surface area (Å²) in [5.41, 5.74) is 3.05. The number of fused-ring (bicyclic) bond motifs is 1. The van der Waals surface area contributed by atoms with Gasteiger partial charge in [0.05, 0.1) is 12.9 Å². The Balaban J connectivity index is 1.95. The summed E-state index contributed by atoms with van der Waals surface area (Å²) in [4.78, 5) is 16.1. The number of nitrogens with one attached hydrogen (secondary N) is 1. The zero-order valence-corrected chi connectivity index (χ0v) is 14.0. The first kappa shape index (κ1) is 15.9. The van der Waals surface area contributed by atoms with Gasteiger partial charge in [0.2, 0.25) is 0 Å². The van der Waals surface area contributed by atoms with Gasteiger partial charge in [0.15, 0.2) is 5.17 Å². The lowest BCUT2D eigenvalue weighted by molar-refractivity contribution is -0.137. The standard InChI is InChI=1S/C17H15ClN2O2S/c1-22-15(21)10-23-17-19-14-8-7-12(18)9-13(14)16(20-17)11-5-3-2-4-6-11/h2-9,16H,10H2,1H3,(H,19,20). The quantitative estimate of drug-likeness (QED) is 0.849. The number of halogens is 1. The molecule has 1 aliphatic rings. The number of methoxy groups -OCH3 is 1. The Bertz CT molecular complexity index is 750. The van der Waals surface area contributed by atoms with Gasteiger partial charge >= 0.3 is 5.97 Å². The Morgan fingerprint density at radius 2 is 2.09 bits per heavy atom. The minimum Gasteiger partial charge on any atom is -0.468 e. The van der Waals surface area contributed by atoms with Crippen molar-refractivity contribution in [2.45, 2.75) is 6.04 Å². The molecule has 0 aromatic heterocycles. The van der Waals surface area contributed by atoms with Crippen LogP contribution >= 0.6 is 23.4 Å². The van der Waals surface area contributed by atoms with Crippen molar-refractivity contribution in [2.24, 2.45) is 4.99 Å². The number of rotatable bonds is 3. The SMILES string of the molecule is COC(=O)CSC1=NC(c2ccccc2)c2cc(Cl)ccc2N1. The summed E-state index contributed by atoms with van der Waals surface area (Å²) >= 11 is 7.47. The van der Waals surface area contributed by atoms with Crippen LogP contribution in [0.5, 0.6) is 0 Å². The van der Waals surface area contributed by atoms with Crippen LogP contribution in [0, 0.1) is 0 Å². The average Bonchev–Trinajstić information content (AvgIpc) is 2.59. The van der Waals surface area contributed by atoms with Crippen molar-refractivity contribution in [1.82, 2.24) is 0 Å². The van der Waals surface area contributed by atoms with Gasteiger partial charge in [-0.2, -0.15) is 0 Å². The molecule has 0 fully saturated rings. The first-order valence-corrected chi connectivity index (χ1v) is 8.42. The molecular weight excluding hydrogens is 332 g/mol. The smallest absolute Gasteiger partial charge is 0.316 e. The van der Waals surface area contributed by atoms with Crippen LogP contribution in [0.2, 0.25) is 5.02 Å². The normalized spacial score (nSPS) is 16.1. The Morgan fingerprint density at radius 3 is 2.83 bits per heavy atom. The van der Waals surface area contributed by atoms with Crippen LogP contribution in [0.4, 0.5) is 5.69 Å². The van der Waals surface area contributed by atoms with Crippen LogP contribution in [-0.2, 0) is 9.53 Å². The van der Waals surface area contributed by atoms with E-state index in [-0.39, 0.29) is 17.8 Å². The number of nitrogens with zero attached hydrogens (tertiary/aromatic N) is 1. The molecule has 2 aromatic carbocycles. The predicted molar refractivity (Wildman–Crippen MR) is 95.3 cm³/mol. The lowest BCUT2D eigenvalue weighted by atomic mass is 9.97. The van der Waals surface area contributed by atoms with Crippen LogP contribution in [0.3, 0.4) is 0 Å². The van der Waals surface area contributed by atoms with Gasteiger partial charge < -0.3 is 10.1 Å². The fraction of sp³-hybridized carbons (Fsp3) is 0.176. The largest absolute Gasteiger partial charge is 0.468 e. The maximum atomic E-state index is 11.4. The second-order valence-corrected chi connectivity index (χ2v) is 6.37. The van der Waals surface area contributed by atoms with E-state index >= 15 is 0 Å². The number of anilines is 1. The van der Waals surface area contributed by atoms with Gasteiger partial charge in [-0.15, -0.1) is 0 Å². The van der Waals surface area contributed by atoms with Crippen molar-refractivity contribution in [3.05, 3.63) is 64.7 Å². The molecule has 1 aliphatic heterocycles. The summed E-state index contributed by atoms with van der Waals surface area (Å²) in [5, 5.41) is 4.62. The second-order valence-electron chi connectivity index (χ2n) is 4.97. The van der Waals surface area contributed by atoms with E-state index in [1.165, 1.54) is 18.9 Å². The molecular formula is C17H15ClN2O2S. The van der Waals surface area contributed by atoms with Gasteiger partial charge in [0, 0.05) is 16.3 Å². The lowest BCUT2D eigenvalue weighted by Gasteiger charge is -2.25. The monoisotopic (exact) mass is 346 g/mol. The summed E-state index contributed by atoms with van der Waals surface area (Å²) in [6.07, 6.45) is 0. The van der Waals surface area contributed by atoms with Crippen molar-refractivity contribution in [3.63, 3.8) is 0 Å². The van der Waals surface area contributed by atoms with E-state index in [4.69, 9.17) is 16.6 Å². The maximum absolute atomic E-state index is 11.4. The van der Waals surface area contributed by atoms with Crippen molar-refractivity contribution < 1.29 is 9.53 Å². The summed E-state index contributed by atoms with van der Waals surface area (Å²) in [5.74, 6) is -0.0649. The highest BCUT2D eigenvalue weighted by Crippen LogP contribution is 2.37. The molecule has 118 valence electrons. The fourth-order valence-electron chi connectivity index (χ4n) is 2.36. The number of ether oxygens (including phenoxy) is 1. The summed E-state index contributed by atoms with van der Waals surface area (Å²) < 4.78 is 4.68. The Morgan fingerprint density at radius 1 is 1.30 bits per heavy atom. The molecule has 1 N–H and O–H groups in total. The predicted octanol–water partition coefficient (Wildman–Crippen LogP) is 4.12. The maximum Gasteiger partial charge on any atom is 0.316 e. The van der Waals surface area contributed by atoms with E-state index in [1.807, 2.05) is 48.5 Å². The molecule has 6 heteroatoms. The van der Waals surface area contributed by atoms with Crippen molar-refractivity contribution in [2.75, 3.05) is 18.2 Å². The molecule has 23 heavy (non-hydrogen) atoms. The number of esters is 1. The number of hydrogen-bond acceptors (Lipinski definition) is 5. The van der Waals surface area contributed by atoms with Gasteiger partial charge in [-0.05, 0) is 23.8 Å². The molecule has 0 saturated heterocycles. The van der Waals surface area contributed by atoms with Crippen molar-refractivity contribution in [3.8, 4) is 0 Å². The Labute approximate surface area is 143 Å². The Kier molecular flexibility index (Phi) is 4.88. The molecule has 1 heterocycles. The second kappa shape index (κ2) is 7.06. The molecule has 0 aliphatic carbocycles. The number of carbonyl (C=O) groups excluding carboxylic acids is 1. The topological polar surface area (TPSA) is 50.7 Å². The Hall–Kier alpha value is -1.98. The van der Waals surface area contributed by atoms with Crippen molar-refractivity contribution in [1.29, 1.82) is 0 Å². The van der Waals surface area contributed by atoms with E-state index in [0.717, 1.165) is 16.8 Å². The van der Waals surface area contributed by atoms with E-state index < -0.39 is 0 Å². The third kappa shape index (κ3) is 3.68. The van der Waals surface area contributed by atoms with E-state index in [1.54, 1.807) is 0 Å². The number of amidine groups is 1. The molecule has 4 nitrogen and oxygen atoms in total. The molecule has 1 atom stereocenters. The van der Waals surface area contributed by atoms with Crippen LogP contribution in [0.25, 0.3) is 0 Å². The highest BCUT2D eigenvalue weighted by Gasteiger charge is 2.23. The highest BCUT2D eigenvalue weighted by molar-refractivity contribution is 8.14. The molecule has 0 bridgehead atoms. The number of benzene rings is 2. The molecule has 1 unspecified atom stereocenters. The van der Waals surface area contributed by atoms with Gasteiger partial charge in [0.1, 0.15) is 6.04 Å². The number of aliphatic imine (C=N–C) groups is 1. The molecule has 0 saturated carbocycles. The average molecular weight is 347 g/mol. The van der Waals surface area contributed by atoms with Gasteiger partial charge in [-0.3, -0.25) is 4.79 Å². The van der Waals surface area contributed by atoms with E-state index in [0.29, 0.717) is 10.2 Å². The molecule has 0 spiro atoms. The summed E-state index contributed by atoms with van der Waals surface area (Å²) in [7, 11) is 1.38.